The number of aromatic nitrogens is 1. The number of anilines is 1. The predicted octanol–water partition coefficient (Wildman–Crippen LogP) is 2.86. The molecule has 1 N–H and O–H groups in total. The molecule has 1 aliphatic carbocycles. The fraction of sp³-hybridized carbons (Fsp3) is 0.400. The Balaban J connectivity index is 2.09. The van der Waals surface area contributed by atoms with Crippen LogP contribution in [0.5, 0.6) is 0 Å². The number of carbonyl (C=O) groups excluding carboxylic acids is 1. The van der Waals surface area contributed by atoms with Crippen LogP contribution in [-0.4, -0.2) is 10.5 Å². The highest BCUT2D eigenvalue weighted by Gasteiger charge is 2.25. The maximum atomic E-state index is 11.8. The summed E-state index contributed by atoms with van der Waals surface area (Å²) in [6, 6.07) is 6.27. The topological polar surface area (TPSA) is 34.0 Å². The highest BCUT2D eigenvalue weighted by molar-refractivity contribution is 6.06. The average Bonchev–Trinajstić information content (AvgIpc) is 2.55. The molecule has 3 heteroatoms. The Morgan fingerprint density at radius 3 is 2.94 bits per heavy atom. The van der Waals surface area contributed by atoms with E-state index in [9.17, 15) is 4.79 Å². The number of para-hydroxylation sites is 1. The Morgan fingerprint density at radius 1 is 1.11 bits per heavy atom. The number of hydrogen-bond donors (Lipinski definition) is 1. The lowest BCUT2D eigenvalue weighted by molar-refractivity contribution is -0.116. The molecule has 0 atom stereocenters. The van der Waals surface area contributed by atoms with Crippen LogP contribution in [-0.2, 0) is 24.2 Å². The van der Waals surface area contributed by atoms with Gasteiger partial charge in [-0.05, 0) is 37.3 Å². The molecule has 0 fully saturated rings. The molecular weight excluding hydrogens is 224 g/mol. The van der Waals surface area contributed by atoms with Crippen LogP contribution in [0.15, 0.2) is 18.2 Å². The number of hydrogen-bond acceptors (Lipinski definition) is 1. The molecule has 0 radical (unpaired) electrons. The minimum absolute atomic E-state index is 0.109. The first-order valence-corrected chi connectivity index (χ1v) is 6.77. The van der Waals surface area contributed by atoms with Crippen LogP contribution < -0.4 is 5.32 Å². The first-order valence-electron chi connectivity index (χ1n) is 6.77. The summed E-state index contributed by atoms with van der Waals surface area (Å²) in [5, 5.41) is 4.34. The zero-order valence-electron chi connectivity index (χ0n) is 10.3. The van der Waals surface area contributed by atoms with Gasteiger partial charge in [0.05, 0.1) is 11.2 Å². The highest BCUT2D eigenvalue weighted by atomic mass is 16.2. The van der Waals surface area contributed by atoms with Gasteiger partial charge in [-0.1, -0.05) is 18.6 Å². The molecule has 92 valence electrons. The smallest absolute Gasteiger partial charge is 0.244 e. The second-order valence-corrected chi connectivity index (χ2v) is 5.32. The van der Waals surface area contributed by atoms with Crippen molar-refractivity contribution in [2.24, 2.45) is 0 Å². The van der Waals surface area contributed by atoms with Crippen LogP contribution >= 0.6 is 0 Å². The third-order valence-corrected chi connectivity index (χ3v) is 4.22. The van der Waals surface area contributed by atoms with Crippen molar-refractivity contribution in [3.05, 3.63) is 29.5 Å². The second kappa shape index (κ2) is 3.61. The van der Waals surface area contributed by atoms with Gasteiger partial charge in [-0.3, -0.25) is 4.79 Å². The zero-order chi connectivity index (χ0) is 12.1. The number of nitrogens with zero attached hydrogens (tertiary/aromatic N) is 1. The second-order valence-electron chi connectivity index (χ2n) is 5.32. The summed E-state index contributed by atoms with van der Waals surface area (Å²) in [6.45, 7) is 0.489. The van der Waals surface area contributed by atoms with E-state index in [1.807, 2.05) is 6.07 Å². The molecule has 2 heterocycles. The lowest BCUT2D eigenvalue weighted by atomic mass is 10.1. The fourth-order valence-electron chi connectivity index (χ4n) is 3.48. The van der Waals surface area contributed by atoms with Crippen LogP contribution in [0.3, 0.4) is 0 Å². The van der Waals surface area contributed by atoms with Gasteiger partial charge in [0.2, 0.25) is 5.91 Å². The SMILES string of the molecule is O=C1Cn2c3c(c4cccc(c42)N1)CCCCC3. The molecule has 1 aromatic heterocycles. The van der Waals surface area contributed by atoms with Crippen molar-refractivity contribution in [1.29, 1.82) is 0 Å². The van der Waals surface area contributed by atoms with E-state index in [0.29, 0.717) is 6.54 Å². The molecule has 4 rings (SSSR count). The fourth-order valence-corrected chi connectivity index (χ4v) is 3.48. The average molecular weight is 240 g/mol. The largest absolute Gasteiger partial charge is 0.333 e. The van der Waals surface area contributed by atoms with E-state index in [1.54, 1.807) is 0 Å². The summed E-state index contributed by atoms with van der Waals surface area (Å²) >= 11 is 0. The van der Waals surface area contributed by atoms with Gasteiger partial charge < -0.3 is 9.88 Å². The molecule has 1 aliphatic heterocycles. The Bertz CT molecular complexity index is 654. The Morgan fingerprint density at radius 2 is 2.00 bits per heavy atom. The van der Waals surface area contributed by atoms with Crippen LogP contribution in [0.4, 0.5) is 5.69 Å². The summed E-state index contributed by atoms with van der Waals surface area (Å²) in [4.78, 5) is 11.8. The number of rotatable bonds is 0. The molecule has 1 aromatic carbocycles. The lowest BCUT2D eigenvalue weighted by Crippen LogP contribution is -2.24. The standard InChI is InChI=1S/C15H16N2O/c18-14-9-17-13-8-3-1-2-5-10(13)11-6-4-7-12(16-14)15(11)17/h4,6-7H,1-3,5,8-9H2,(H,16,18). The molecule has 0 unspecified atom stereocenters. The minimum atomic E-state index is 0.109. The maximum absolute atomic E-state index is 11.8. The molecule has 0 spiro atoms. The van der Waals surface area contributed by atoms with E-state index >= 15 is 0 Å². The molecule has 0 saturated carbocycles. The van der Waals surface area contributed by atoms with Crippen molar-refractivity contribution in [1.82, 2.24) is 4.57 Å². The molecule has 0 saturated heterocycles. The molecule has 0 bridgehead atoms. The maximum Gasteiger partial charge on any atom is 0.244 e. The summed E-state index contributed by atoms with van der Waals surface area (Å²) < 4.78 is 2.25. The number of fused-ring (bicyclic) bond motifs is 3. The highest BCUT2D eigenvalue weighted by Crippen LogP contribution is 2.36. The summed E-state index contributed by atoms with van der Waals surface area (Å²) in [5.74, 6) is 0.109. The Labute approximate surface area is 106 Å². The third kappa shape index (κ3) is 1.27. The first kappa shape index (κ1) is 10.2. The van der Waals surface area contributed by atoms with Crippen molar-refractivity contribution in [2.75, 3.05) is 5.32 Å². The first-order chi connectivity index (χ1) is 8.84. The Kier molecular flexibility index (Phi) is 2.04. The van der Waals surface area contributed by atoms with E-state index in [-0.39, 0.29) is 5.91 Å². The third-order valence-electron chi connectivity index (χ3n) is 4.22. The Hall–Kier alpha value is -1.77. The molecule has 18 heavy (non-hydrogen) atoms. The number of nitrogens with one attached hydrogen (secondary N) is 1. The van der Waals surface area contributed by atoms with E-state index in [2.05, 4.69) is 22.0 Å². The van der Waals surface area contributed by atoms with Crippen molar-refractivity contribution in [2.45, 2.75) is 38.6 Å². The van der Waals surface area contributed by atoms with Crippen molar-refractivity contribution < 1.29 is 4.79 Å². The summed E-state index contributed by atoms with van der Waals surface area (Å²) in [6.07, 6.45) is 6.12. The van der Waals surface area contributed by atoms with Crippen LogP contribution in [0, 0.1) is 0 Å². The zero-order valence-corrected chi connectivity index (χ0v) is 10.3. The monoisotopic (exact) mass is 240 g/mol. The van der Waals surface area contributed by atoms with Gasteiger partial charge in [0, 0.05) is 11.1 Å². The quantitative estimate of drug-likeness (QED) is 0.706. The van der Waals surface area contributed by atoms with Gasteiger partial charge in [-0.15, -0.1) is 0 Å². The van der Waals surface area contributed by atoms with Gasteiger partial charge in [0.1, 0.15) is 6.54 Å². The van der Waals surface area contributed by atoms with Crippen LogP contribution in [0.1, 0.15) is 30.5 Å². The van der Waals surface area contributed by atoms with E-state index < -0.39 is 0 Å². The number of benzene rings is 1. The predicted molar refractivity (Wildman–Crippen MR) is 71.8 cm³/mol. The van der Waals surface area contributed by atoms with E-state index in [0.717, 1.165) is 18.5 Å². The molecule has 2 aliphatic rings. The molecular formula is C15H16N2O. The van der Waals surface area contributed by atoms with Crippen molar-refractivity contribution in [3.63, 3.8) is 0 Å². The number of aryl methyl sites for hydroxylation is 1. The van der Waals surface area contributed by atoms with Crippen molar-refractivity contribution >= 4 is 22.5 Å². The van der Waals surface area contributed by atoms with Crippen LogP contribution in [0.25, 0.3) is 10.9 Å². The summed E-state index contributed by atoms with van der Waals surface area (Å²) in [5.41, 5.74) is 5.12. The van der Waals surface area contributed by atoms with Gasteiger partial charge in [-0.25, -0.2) is 0 Å². The molecule has 3 nitrogen and oxygen atoms in total. The molecule has 1 amide bonds. The number of amides is 1. The van der Waals surface area contributed by atoms with Gasteiger partial charge in [0.15, 0.2) is 0 Å². The van der Waals surface area contributed by atoms with Crippen LogP contribution in [0.2, 0.25) is 0 Å². The van der Waals surface area contributed by atoms with Gasteiger partial charge in [-0.2, -0.15) is 0 Å². The van der Waals surface area contributed by atoms with Crippen molar-refractivity contribution in [3.8, 4) is 0 Å². The number of carbonyl (C=O) groups is 1. The van der Waals surface area contributed by atoms with Gasteiger partial charge in [0.25, 0.3) is 0 Å². The minimum Gasteiger partial charge on any atom is -0.333 e. The van der Waals surface area contributed by atoms with Gasteiger partial charge >= 0.3 is 0 Å². The summed E-state index contributed by atoms with van der Waals surface area (Å²) in [7, 11) is 0. The lowest BCUT2D eigenvalue weighted by Gasteiger charge is -2.18. The molecule has 2 aromatic rings. The van der Waals surface area contributed by atoms with E-state index in [4.69, 9.17) is 0 Å². The normalized spacial score (nSPS) is 18.3. The van der Waals surface area contributed by atoms with E-state index in [1.165, 1.54) is 41.4 Å².